The molecule has 1 fully saturated rings. The fraction of sp³-hybridized carbons (Fsp3) is 0.857. The van der Waals surface area contributed by atoms with Crippen LogP contribution in [0.1, 0.15) is 27.2 Å². The Labute approximate surface area is 90.8 Å². The zero-order valence-electron chi connectivity index (χ0n) is 8.02. The average Bonchev–Trinajstić information content (AvgIpc) is 1.83. The van der Waals surface area contributed by atoms with Gasteiger partial charge in [0.1, 0.15) is 0 Å². The van der Waals surface area contributed by atoms with Gasteiger partial charge in [-0.15, -0.1) is 6.42 Å². The molecule has 0 bridgehead atoms. The second-order valence-electron chi connectivity index (χ2n) is 3.54. The van der Waals surface area contributed by atoms with E-state index >= 15 is 0 Å². The van der Waals surface area contributed by atoms with Gasteiger partial charge in [-0.25, -0.2) is 4.57 Å². The molecule has 1 aliphatic heterocycles. The Hall–Kier alpha value is 0.694. The van der Waals surface area contributed by atoms with E-state index in [0.717, 1.165) is 0 Å². The molecule has 13 heavy (non-hydrogen) atoms. The van der Waals surface area contributed by atoms with Crippen LogP contribution in [0.25, 0.3) is 0 Å². The van der Waals surface area contributed by atoms with Gasteiger partial charge in [0.25, 0.3) is 0 Å². The third kappa shape index (κ3) is 5.21. The predicted molar refractivity (Wildman–Crippen MR) is 44.4 cm³/mol. The van der Waals surface area contributed by atoms with Crippen LogP contribution in [0.3, 0.4) is 0 Å². The Bertz CT molecular complexity index is 191. The molecule has 1 atom stereocenters. The third-order valence-corrected chi connectivity index (χ3v) is 2.75. The first kappa shape index (κ1) is 13.7. The monoisotopic (exact) mass is 244 g/mol. The van der Waals surface area contributed by atoms with Crippen LogP contribution in [0.5, 0.6) is 0 Å². The molecule has 0 aromatic rings. The van der Waals surface area contributed by atoms with Crippen molar-refractivity contribution in [1.29, 1.82) is 0 Å². The maximum absolute atomic E-state index is 11.6. The molecule has 1 saturated heterocycles. The maximum atomic E-state index is 11.6. The van der Waals surface area contributed by atoms with Crippen LogP contribution in [0.4, 0.5) is 0 Å². The minimum absolute atomic E-state index is 0. The van der Waals surface area contributed by atoms with E-state index < -0.39 is 13.4 Å². The smallest absolute Gasteiger partial charge is 0.444 e. The third-order valence-electron chi connectivity index (χ3n) is 1.07. The predicted octanol–water partition coefficient (Wildman–Crippen LogP) is 2.51. The molecule has 1 unspecified atom stereocenters. The fourth-order valence-corrected chi connectivity index (χ4v) is 2.21. The second kappa shape index (κ2) is 4.97. The molecule has 0 aromatic heterocycles. The maximum Gasteiger partial charge on any atom is 0.444 e. The van der Waals surface area contributed by atoms with Gasteiger partial charge in [0.15, 0.2) is 0 Å². The summed E-state index contributed by atoms with van der Waals surface area (Å²) in [6, 6.07) is 0. The van der Waals surface area contributed by atoms with Crippen molar-refractivity contribution in [1.82, 2.24) is 0 Å². The van der Waals surface area contributed by atoms with E-state index in [9.17, 15) is 4.57 Å². The summed E-state index contributed by atoms with van der Waals surface area (Å²) >= 11 is 0. The van der Waals surface area contributed by atoms with E-state index in [1.54, 1.807) is 20.8 Å². The van der Waals surface area contributed by atoms with Gasteiger partial charge in [-0.3, -0.25) is 9.05 Å². The SMILES string of the molecule is CC(C)(C)OP1(=O)O[CH-]CCO1.[V]. The molecule has 0 amide bonds. The Kier molecular flexibility index (Phi) is 5.23. The van der Waals surface area contributed by atoms with Crippen molar-refractivity contribution in [3.8, 4) is 0 Å². The summed E-state index contributed by atoms with van der Waals surface area (Å²) in [5, 5.41) is 0. The molecule has 1 radical (unpaired) electrons. The number of phosphoric acid groups is 1. The average molecular weight is 244 g/mol. The number of rotatable bonds is 1. The number of phosphoric ester groups is 1. The summed E-state index contributed by atoms with van der Waals surface area (Å²) in [6.45, 7) is 7.26. The summed E-state index contributed by atoms with van der Waals surface area (Å²) in [5.74, 6) is 0. The molecule has 6 heteroatoms. The number of hydrogen-bond acceptors (Lipinski definition) is 4. The first-order valence-electron chi connectivity index (χ1n) is 3.87. The van der Waals surface area contributed by atoms with E-state index in [-0.39, 0.29) is 18.6 Å². The van der Waals surface area contributed by atoms with Gasteiger partial charge in [-0.1, -0.05) is 0 Å². The molecule has 0 N–H and O–H groups in total. The molecule has 77 valence electrons. The normalized spacial score (nSPS) is 29.5. The van der Waals surface area contributed by atoms with Crippen LogP contribution in [0.2, 0.25) is 0 Å². The van der Waals surface area contributed by atoms with Crippen molar-refractivity contribution < 1.29 is 36.7 Å². The van der Waals surface area contributed by atoms with Crippen molar-refractivity contribution in [2.24, 2.45) is 0 Å². The molecule has 0 spiro atoms. The largest absolute Gasteiger partial charge is 0.464 e. The molecule has 0 aliphatic carbocycles. The van der Waals surface area contributed by atoms with Gasteiger partial charge in [-0.05, 0) is 20.8 Å². The molecule has 4 nitrogen and oxygen atoms in total. The van der Waals surface area contributed by atoms with Crippen molar-refractivity contribution in [3.05, 3.63) is 6.61 Å². The first-order chi connectivity index (χ1) is 5.41. The van der Waals surface area contributed by atoms with Gasteiger partial charge in [-0.2, -0.15) is 6.61 Å². The quantitative estimate of drug-likeness (QED) is 0.525. The van der Waals surface area contributed by atoms with Crippen molar-refractivity contribution >= 4 is 7.82 Å². The summed E-state index contributed by atoms with van der Waals surface area (Å²) in [5.41, 5.74) is -0.513. The van der Waals surface area contributed by atoms with Gasteiger partial charge in [0.05, 0.1) is 5.60 Å². The second-order valence-corrected chi connectivity index (χ2v) is 5.09. The Morgan fingerprint density at radius 1 is 1.46 bits per heavy atom. The molecule has 1 heterocycles. The van der Waals surface area contributed by atoms with Gasteiger partial charge in [0, 0.05) is 25.2 Å². The molecular weight excluding hydrogens is 230 g/mol. The van der Waals surface area contributed by atoms with Crippen LogP contribution in [0, 0.1) is 6.61 Å². The van der Waals surface area contributed by atoms with E-state index in [0.29, 0.717) is 13.0 Å². The molecule has 1 aliphatic rings. The van der Waals surface area contributed by atoms with Crippen molar-refractivity contribution in [3.63, 3.8) is 0 Å². The van der Waals surface area contributed by atoms with Crippen molar-refractivity contribution in [2.45, 2.75) is 32.8 Å². The molecule has 1 rings (SSSR count). The zero-order valence-corrected chi connectivity index (χ0v) is 10.3. The first-order valence-corrected chi connectivity index (χ1v) is 5.33. The Balaban J connectivity index is 0.00000144. The van der Waals surface area contributed by atoms with Crippen LogP contribution in [-0.4, -0.2) is 12.2 Å². The molecule has 0 aromatic carbocycles. The van der Waals surface area contributed by atoms with Crippen LogP contribution >= 0.6 is 7.82 Å². The Morgan fingerprint density at radius 2 is 2.08 bits per heavy atom. The topological polar surface area (TPSA) is 44.8 Å². The van der Waals surface area contributed by atoms with Gasteiger partial charge in [0.2, 0.25) is 0 Å². The number of hydrogen-bond donors (Lipinski definition) is 0. The Morgan fingerprint density at radius 3 is 2.46 bits per heavy atom. The summed E-state index contributed by atoms with van der Waals surface area (Å²) in [4.78, 5) is 0. The van der Waals surface area contributed by atoms with Crippen LogP contribution in [-0.2, 0) is 36.7 Å². The summed E-state index contributed by atoms with van der Waals surface area (Å²) in [6.07, 6.45) is 0.650. The van der Waals surface area contributed by atoms with Crippen LogP contribution < -0.4 is 0 Å². The summed E-state index contributed by atoms with van der Waals surface area (Å²) < 4.78 is 26.4. The van der Waals surface area contributed by atoms with Gasteiger partial charge < -0.3 is 4.52 Å². The minimum Gasteiger partial charge on any atom is -0.464 e. The zero-order chi connectivity index (χ0) is 9.24. The van der Waals surface area contributed by atoms with E-state index in [1.807, 2.05) is 0 Å². The standard InChI is InChI=1S/C7H14O4P.V/c1-7(2,3)11-12(8)9-5-4-6-10-12;/h5H,4,6H2,1-3H3;/q-1;. The van der Waals surface area contributed by atoms with E-state index in [1.165, 1.54) is 6.61 Å². The fourth-order valence-electron chi connectivity index (χ4n) is 0.770. The molecule has 0 saturated carbocycles. The van der Waals surface area contributed by atoms with Crippen molar-refractivity contribution in [2.75, 3.05) is 6.61 Å². The summed E-state index contributed by atoms with van der Waals surface area (Å²) in [7, 11) is -3.29. The van der Waals surface area contributed by atoms with Gasteiger partial charge >= 0.3 is 7.82 Å². The van der Waals surface area contributed by atoms with E-state index in [4.69, 9.17) is 13.6 Å². The van der Waals surface area contributed by atoms with Crippen LogP contribution in [0.15, 0.2) is 0 Å². The van der Waals surface area contributed by atoms with E-state index in [2.05, 4.69) is 0 Å². The molecular formula is C7H14O4PV-. The minimum atomic E-state index is -3.29.